The fourth-order valence-electron chi connectivity index (χ4n) is 5.01. The minimum atomic E-state index is -1.21. The highest BCUT2D eigenvalue weighted by Crippen LogP contribution is 2.19. The Morgan fingerprint density at radius 1 is 0.714 bits per heavy atom. The largest absolute Gasteiger partial charge is 0.494 e. The molecule has 0 spiro atoms. The molecule has 0 aromatic heterocycles. The number of hydrogen-bond acceptors (Lipinski definition) is 7. The molecule has 2 amide bonds. The molecule has 4 rings (SSSR count). The number of esters is 1. The lowest BCUT2D eigenvalue weighted by Crippen LogP contribution is -2.42. The third-order valence-electron chi connectivity index (χ3n) is 7.84. The Bertz CT molecular complexity index is 1670. The van der Waals surface area contributed by atoms with E-state index < -0.39 is 23.9 Å². The number of rotatable bonds is 18. The fourth-order valence-corrected chi connectivity index (χ4v) is 5.01. The van der Waals surface area contributed by atoms with Gasteiger partial charge in [-0.3, -0.25) is 9.59 Å². The number of nitrogens with one attached hydrogen (secondary N) is 2. The van der Waals surface area contributed by atoms with Crippen LogP contribution in [0.1, 0.15) is 76.4 Å². The molecule has 256 valence electrons. The van der Waals surface area contributed by atoms with Crippen LogP contribution in [0.5, 0.6) is 11.5 Å². The van der Waals surface area contributed by atoms with Crippen molar-refractivity contribution >= 4 is 29.4 Å². The van der Waals surface area contributed by atoms with Crippen molar-refractivity contribution < 1.29 is 33.8 Å². The second kappa shape index (κ2) is 18.8. The van der Waals surface area contributed by atoms with Gasteiger partial charge in [0.05, 0.1) is 18.6 Å². The Kier molecular flexibility index (Phi) is 13.9. The lowest BCUT2D eigenvalue weighted by Gasteiger charge is -2.15. The zero-order chi connectivity index (χ0) is 35.0. The molecule has 0 bridgehead atoms. The van der Waals surface area contributed by atoms with Gasteiger partial charge in [0.1, 0.15) is 17.5 Å². The molecule has 4 aromatic carbocycles. The molecule has 0 radical (unpaired) electrons. The number of hydrogen-bond donors (Lipinski definition) is 4. The van der Waals surface area contributed by atoms with Crippen LogP contribution >= 0.6 is 0 Å². The van der Waals surface area contributed by atoms with Crippen molar-refractivity contribution in [2.75, 3.05) is 11.9 Å². The van der Waals surface area contributed by atoms with Gasteiger partial charge >= 0.3 is 11.9 Å². The van der Waals surface area contributed by atoms with Crippen molar-refractivity contribution in [3.05, 3.63) is 125 Å². The highest BCUT2D eigenvalue weighted by Gasteiger charge is 2.21. The number of carboxylic acid groups (broad SMARTS) is 1. The second-order valence-electron chi connectivity index (χ2n) is 11.7. The maximum Gasteiger partial charge on any atom is 0.343 e. The third kappa shape index (κ3) is 11.9. The molecule has 10 heteroatoms. The summed E-state index contributed by atoms with van der Waals surface area (Å²) >= 11 is 0. The van der Waals surface area contributed by atoms with Gasteiger partial charge in [-0.1, -0.05) is 69.0 Å². The van der Waals surface area contributed by atoms with Crippen LogP contribution in [0.2, 0.25) is 0 Å². The fraction of sp³-hybridized carbons (Fsp3) is 0.282. The number of carbonyl (C=O) groups is 4. The Balaban J connectivity index is 1.24. The molecule has 0 unspecified atom stereocenters. The van der Waals surface area contributed by atoms with E-state index in [0.717, 1.165) is 24.0 Å². The molecule has 0 aliphatic rings. The molecule has 10 nitrogen and oxygen atoms in total. The van der Waals surface area contributed by atoms with Gasteiger partial charge in [-0.15, -0.1) is 0 Å². The predicted molar refractivity (Wildman–Crippen MR) is 188 cm³/mol. The summed E-state index contributed by atoms with van der Waals surface area (Å²) in [6.45, 7) is 3.24. The molecule has 0 saturated carbocycles. The van der Waals surface area contributed by atoms with E-state index in [4.69, 9.17) is 15.2 Å². The standard InChI is InChI=1S/C39H43N3O7/c1-2-3-4-5-6-23-48-33-21-15-31(16-22-33)39(47)49-34-19-11-27(12-20-34)24-35(38(45)46)42-37(44)30-13-17-32(18-14-30)41-36(43)25-28-7-9-29(26-40)10-8-28/h7-22,35H,2-6,23-26,40H2,1H3,(H,41,43)(H,42,44)(H,45,46)/t35-/m0/s1. The normalized spacial score (nSPS) is 11.3. The van der Waals surface area contributed by atoms with E-state index in [0.29, 0.717) is 41.5 Å². The minimum Gasteiger partial charge on any atom is -0.494 e. The van der Waals surface area contributed by atoms with Gasteiger partial charge in [0, 0.05) is 24.2 Å². The van der Waals surface area contributed by atoms with Gasteiger partial charge in [0.25, 0.3) is 5.91 Å². The maximum absolute atomic E-state index is 12.9. The molecule has 0 aliphatic carbocycles. The lowest BCUT2D eigenvalue weighted by atomic mass is 10.0. The number of unbranched alkanes of at least 4 members (excludes halogenated alkanes) is 4. The van der Waals surface area contributed by atoms with Gasteiger partial charge in [-0.2, -0.15) is 0 Å². The summed E-state index contributed by atoms with van der Waals surface area (Å²) in [6, 6.07) is 25.7. The Morgan fingerprint density at radius 3 is 1.94 bits per heavy atom. The highest BCUT2D eigenvalue weighted by atomic mass is 16.5. The molecule has 1 atom stereocenters. The van der Waals surface area contributed by atoms with Gasteiger partial charge in [-0.25, -0.2) is 9.59 Å². The average Bonchev–Trinajstić information content (AvgIpc) is 3.11. The first kappa shape index (κ1) is 36.4. The first-order valence-corrected chi connectivity index (χ1v) is 16.5. The topological polar surface area (TPSA) is 157 Å². The van der Waals surface area contributed by atoms with Crippen LogP contribution in [0.15, 0.2) is 97.1 Å². The van der Waals surface area contributed by atoms with Gasteiger partial charge in [-0.05, 0) is 83.8 Å². The number of ether oxygens (including phenoxy) is 2. The number of carboxylic acids is 1. The molecule has 4 aromatic rings. The first-order valence-electron chi connectivity index (χ1n) is 16.5. The van der Waals surface area contributed by atoms with E-state index in [1.165, 1.54) is 31.4 Å². The molecule has 0 saturated heterocycles. The molecule has 0 aliphatic heterocycles. The Hall–Kier alpha value is -5.48. The number of amides is 2. The third-order valence-corrected chi connectivity index (χ3v) is 7.84. The molecule has 0 fully saturated rings. The van der Waals surface area contributed by atoms with Crippen molar-refractivity contribution in [2.45, 2.75) is 64.5 Å². The maximum atomic E-state index is 12.9. The van der Waals surface area contributed by atoms with Crippen LogP contribution in [0.25, 0.3) is 0 Å². The van der Waals surface area contributed by atoms with Crippen LogP contribution in [-0.2, 0) is 29.0 Å². The minimum absolute atomic E-state index is 0.00969. The molecule has 5 N–H and O–H groups in total. The number of benzene rings is 4. The van der Waals surface area contributed by atoms with E-state index in [9.17, 15) is 24.3 Å². The number of aliphatic carboxylic acids is 1. The summed E-state index contributed by atoms with van der Waals surface area (Å²) in [7, 11) is 0. The number of carbonyl (C=O) groups excluding carboxylic acids is 3. The summed E-state index contributed by atoms with van der Waals surface area (Å²) in [5.74, 6) is -1.52. The first-order chi connectivity index (χ1) is 23.7. The summed E-state index contributed by atoms with van der Waals surface area (Å²) in [6.07, 6.45) is 5.95. The van der Waals surface area contributed by atoms with Crippen molar-refractivity contribution in [1.29, 1.82) is 0 Å². The van der Waals surface area contributed by atoms with Crippen LogP contribution in [0.3, 0.4) is 0 Å². The van der Waals surface area contributed by atoms with E-state index in [-0.39, 0.29) is 24.3 Å². The van der Waals surface area contributed by atoms with Crippen molar-refractivity contribution in [2.24, 2.45) is 5.73 Å². The number of nitrogens with two attached hydrogens (primary N) is 1. The van der Waals surface area contributed by atoms with E-state index in [1.807, 2.05) is 24.3 Å². The van der Waals surface area contributed by atoms with Crippen LogP contribution in [0.4, 0.5) is 5.69 Å². The van der Waals surface area contributed by atoms with Crippen molar-refractivity contribution in [1.82, 2.24) is 5.32 Å². The van der Waals surface area contributed by atoms with E-state index in [1.54, 1.807) is 60.7 Å². The van der Waals surface area contributed by atoms with Crippen molar-refractivity contribution in [3.63, 3.8) is 0 Å². The summed E-state index contributed by atoms with van der Waals surface area (Å²) < 4.78 is 11.2. The van der Waals surface area contributed by atoms with Crippen LogP contribution in [-0.4, -0.2) is 41.5 Å². The Morgan fingerprint density at radius 2 is 1.31 bits per heavy atom. The van der Waals surface area contributed by atoms with Crippen molar-refractivity contribution in [3.8, 4) is 11.5 Å². The smallest absolute Gasteiger partial charge is 0.343 e. The summed E-state index contributed by atoms with van der Waals surface area (Å²) in [5.41, 5.74) is 9.18. The monoisotopic (exact) mass is 665 g/mol. The summed E-state index contributed by atoms with van der Waals surface area (Å²) in [4.78, 5) is 50.0. The molecule has 0 heterocycles. The highest BCUT2D eigenvalue weighted by molar-refractivity contribution is 5.98. The summed E-state index contributed by atoms with van der Waals surface area (Å²) in [5, 5.41) is 15.1. The van der Waals surface area contributed by atoms with Gasteiger partial charge in [0.15, 0.2) is 0 Å². The SMILES string of the molecule is CCCCCCCOc1ccc(C(=O)Oc2ccc(C[C@H](NC(=O)c3ccc(NC(=O)Cc4ccc(CN)cc4)cc3)C(=O)O)cc2)cc1. The van der Waals surface area contributed by atoms with Gasteiger partial charge < -0.3 is 30.9 Å². The average molecular weight is 666 g/mol. The van der Waals surface area contributed by atoms with E-state index in [2.05, 4.69) is 17.6 Å². The Labute approximate surface area is 286 Å². The zero-order valence-corrected chi connectivity index (χ0v) is 27.7. The van der Waals surface area contributed by atoms with Crippen LogP contribution < -0.4 is 25.8 Å². The molecular formula is C39H43N3O7. The van der Waals surface area contributed by atoms with E-state index >= 15 is 0 Å². The quantitative estimate of drug-likeness (QED) is 0.0546. The molecular weight excluding hydrogens is 622 g/mol. The zero-order valence-electron chi connectivity index (χ0n) is 27.7. The second-order valence-corrected chi connectivity index (χ2v) is 11.7. The van der Waals surface area contributed by atoms with Gasteiger partial charge in [0.2, 0.25) is 5.91 Å². The molecule has 49 heavy (non-hydrogen) atoms. The lowest BCUT2D eigenvalue weighted by molar-refractivity contribution is -0.139. The predicted octanol–water partition coefficient (Wildman–Crippen LogP) is 6.32. The van der Waals surface area contributed by atoms with Crippen LogP contribution in [0, 0.1) is 0 Å². The number of anilines is 1.